The minimum Gasteiger partial charge on any atom is -0.473 e. The maximum Gasteiger partial charge on any atom is 1.00 e. The van der Waals surface area contributed by atoms with Gasteiger partial charge in [-0.05, 0) is 13.0 Å². The standard InChI is InChI=1S/C7H7F3N2OS.Cs/c1-3-2-4(12-6(11)14)5(13-3)7(8,9)10;/h2H,1H3,(H3,11,12,14);/q;+1/p-1. The van der Waals surface area contributed by atoms with Crippen molar-refractivity contribution in [3.8, 4) is 0 Å². The quantitative estimate of drug-likeness (QED) is 0.740. The molecule has 2 N–H and O–H groups in total. The predicted molar refractivity (Wildman–Crippen MR) is 49.0 cm³/mol. The number of hydrogen-bond donors (Lipinski definition) is 1. The van der Waals surface area contributed by atoms with Crippen LogP contribution < -0.4 is 74.2 Å². The van der Waals surface area contributed by atoms with E-state index in [1.54, 1.807) is 0 Å². The van der Waals surface area contributed by atoms with Gasteiger partial charge in [0.2, 0.25) is 5.76 Å². The molecule has 15 heavy (non-hydrogen) atoms. The number of nitrogens with one attached hydrogen (secondary N) is 2. The summed E-state index contributed by atoms with van der Waals surface area (Å²) in [6.45, 7) is 1.38. The smallest absolute Gasteiger partial charge is 0.473 e. The molecule has 0 amide bonds. The summed E-state index contributed by atoms with van der Waals surface area (Å²) in [5, 5.41) is 1.60. The van der Waals surface area contributed by atoms with Crippen LogP contribution in [0, 0.1) is 6.92 Å². The Balaban J connectivity index is 0.00000196. The largest absolute Gasteiger partial charge is 1.00 e. The maximum absolute atomic E-state index is 12.3. The zero-order chi connectivity index (χ0) is 10.9. The van der Waals surface area contributed by atoms with Crippen LogP contribution in [0.4, 0.5) is 18.9 Å². The Morgan fingerprint density at radius 3 is 2.47 bits per heavy atom. The number of furan rings is 1. The molecular weight excluding hydrogens is 350 g/mol. The van der Waals surface area contributed by atoms with Gasteiger partial charge in [0.25, 0.3) is 0 Å². The van der Waals surface area contributed by atoms with Gasteiger partial charge in [0, 0.05) is 10.8 Å². The van der Waals surface area contributed by atoms with Crippen LogP contribution in [0.25, 0.3) is 5.73 Å². The van der Waals surface area contributed by atoms with Crippen molar-refractivity contribution in [2.24, 2.45) is 0 Å². The number of hydrogen-bond acceptors (Lipinski definition) is 2. The average Bonchev–Trinajstić information content (AvgIpc) is 2.28. The Hall–Kier alpha value is 0.812. The number of aryl methyl sites for hydroxylation is 1. The third-order valence-electron chi connectivity index (χ3n) is 1.36. The Bertz CT molecular complexity index is 364. The van der Waals surface area contributed by atoms with E-state index in [0.29, 0.717) is 0 Å². The van der Waals surface area contributed by atoms with E-state index in [0.717, 1.165) is 6.07 Å². The van der Waals surface area contributed by atoms with Crippen molar-refractivity contribution in [3.63, 3.8) is 0 Å². The Labute approximate surface area is 148 Å². The Morgan fingerprint density at radius 1 is 1.53 bits per heavy atom. The van der Waals surface area contributed by atoms with Crippen molar-refractivity contribution in [2.75, 3.05) is 5.32 Å². The molecule has 1 aromatic heterocycles. The second-order valence-electron chi connectivity index (χ2n) is 2.55. The summed E-state index contributed by atoms with van der Waals surface area (Å²) in [5.41, 5.74) is 6.51. The summed E-state index contributed by atoms with van der Waals surface area (Å²) in [4.78, 5) is 0. The summed E-state index contributed by atoms with van der Waals surface area (Å²) in [5.74, 6) is -1.05. The van der Waals surface area contributed by atoms with Crippen LogP contribution in [0.1, 0.15) is 11.5 Å². The number of halogens is 3. The normalized spacial score (nSPS) is 10.7. The van der Waals surface area contributed by atoms with Crippen LogP contribution in [-0.4, -0.2) is 5.11 Å². The molecule has 0 aliphatic rings. The van der Waals surface area contributed by atoms with Gasteiger partial charge in [-0.2, -0.15) is 13.2 Å². The van der Waals surface area contributed by atoms with E-state index in [9.17, 15) is 13.2 Å². The van der Waals surface area contributed by atoms with Gasteiger partial charge in [-0.1, -0.05) is 12.2 Å². The fourth-order valence-corrected chi connectivity index (χ4v) is 1.05. The van der Waals surface area contributed by atoms with Crippen molar-refractivity contribution in [3.05, 3.63) is 23.3 Å². The molecule has 0 aromatic carbocycles. The van der Waals surface area contributed by atoms with E-state index in [1.165, 1.54) is 6.92 Å². The summed E-state index contributed by atoms with van der Waals surface area (Å²) in [6.07, 6.45) is -4.58. The molecule has 8 heteroatoms. The molecule has 0 aliphatic heterocycles. The van der Waals surface area contributed by atoms with Crippen molar-refractivity contribution in [1.82, 2.24) is 0 Å². The molecule has 78 valence electrons. The zero-order valence-electron chi connectivity index (χ0n) is 8.03. The average molecular weight is 356 g/mol. The second-order valence-corrected chi connectivity index (χ2v) is 2.96. The van der Waals surface area contributed by atoms with Gasteiger partial charge in [0.05, 0.1) is 0 Å². The van der Waals surface area contributed by atoms with E-state index in [4.69, 9.17) is 5.73 Å². The van der Waals surface area contributed by atoms with Gasteiger partial charge in [0.15, 0.2) is 0 Å². The third-order valence-corrected chi connectivity index (χ3v) is 1.46. The first-order valence-corrected chi connectivity index (χ1v) is 3.91. The first-order chi connectivity index (χ1) is 6.30. The van der Waals surface area contributed by atoms with Crippen LogP contribution in [-0.2, 0) is 6.18 Å². The van der Waals surface area contributed by atoms with Gasteiger partial charge >= 0.3 is 75.1 Å². The summed E-state index contributed by atoms with van der Waals surface area (Å²) < 4.78 is 41.3. The molecule has 0 radical (unpaired) electrons. The molecule has 0 aliphatic carbocycles. The van der Waals surface area contributed by atoms with E-state index in [2.05, 4.69) is 22.0 Å². The maximum atomic E-state index is 12.3. The fraction of sp³-hybridized carbons (Fsp3) is 0.286. The van der Waals surface area contributed by atoms with Crippen LogP contribution in [0.2, 0.25) is 0 Å². The molecule has 1 aromatic rings. The Kier molecular flexibility index (Phi) is 6.26. The molecule has 0 spiro atoms. The van der Waals surface area contributed by atoms with Gasteiger partial charge in [-0.15, -0.1) is 0 Å². The molecule has 0 unspecified atom stereocenters. The first-order valence-electron chi connectivity index (χ1n) is 3.51. The second kappa shape index (κ2) is 5.94. The molecule has 3 nitrogen and oxygen atoms in total. The monoisotopic (exact) mass is 356 g/mol. The van der Waals surface area contributed by atoms with E-state index in [1.807, 2.05) is 0 Å². The molecule has 1 heterocycles. The Morgan fingerprint density at radius 2 is 2.07 bits per heavy atom. The molecule has 0 fully saturated rings. The van der Waals surface area contributed by atoms with Crippen molar-refractivity contribution >= 4 is 23.0 Å². The first kappa shape index (κ1) is 15.8. The minimum atomic E-state index is -4.58. The molecule has 0 atom stereocenters. The van der Waals surface area contributed by atoms with Gasteiger partial charge in [-0.25, -0.2) is 0 Å². The molecule has 0 saturated heterocycles. The molecular formula is C7H6CsF3N2OS. The summed E-state index contributed by atoms with van der Waals surface area (Å²) in [7, 11) is 0. The van der Waals surface area contributed by atoms with Crippen molar-refractivity contribution < 1.29 is 86.5 Å². The SMILES string of the molecule is Cc1cc(NC([NH-])=S)c(C(F)(F)F)o1.[Cs+]. The third kappa shape index (κ3) is 4.67. The van der Waals surface area contributed by atoms with E-state index >= 15 is 0 Å². The topological polar surface area (TPSA) is 49.0 Å². The number of anilines is 1. The van der Waals surface area contributed by atoms with Crippen molar-refractivity contribution in [1.29, 1.82) is 0 Å². The number of alkyl halides is 3. The van der Waals surface area contributed by atoms with Gasteiger partial charge in [-0.3, -0.25) is 0 Å². The number of thiocarbonyl (C=S) groups is 1. The fourth-order valence-electron chi connectivity index (χ4n) is 0.940. The molecule has 1 rings (SSSR count). The minimum absolute atomic E-state index is 0. The van der Waals surface area contributed by atoms with Crippen LogP contribution in [0.3, 0.4) is 0 Å². The van der Waals surface area contributed by atoms with E-state index < -0.39 is 17.0 Å². The predicted octanol–water partition coefficient (Wildman–Crippen LogP) is 0.360. The van der Waals surface area contributed by atoms with Crippen LogP contribution in [0.5, 0.6) is 0 Å². The molecule has 0 bridgehead atoms. The summed E-state index contributed by atoms with van der Waals surface area (Å²) in [6, 6.07) is 1.14. The van der Waals surface area contributed by atoms with Crippen LogP contribution in [0.15, 0.2) is 10.5 Å². The molecule has 0 saturated carbocycles. The zero-order valence-corrected chi connectivity index (χ0v) is 15.1. The van der Waals surface area contributed by atoms with Gasteiger partial charge in [0.1, 0.15) is 5.76 Å². The van der Waals surface area contributed by atoms with E-state index in [-0.39, 0.29) is 80.3 Å². The summed E-state index contributed by atoms with van der Waals surface area (Å²) >= 11 is 4.32. The van der Waals surface area contributed by atoms with Gasteiger partial charge < -0.3 is 15.5 Å². The van der Waals surface area contributed by atoms with Crippen LogP contribution >= 0.6 is 12.2 Å². The number of rotatable bonds is 1. The van der Waals surface area contributed by atoms with Crippen molar-refractivity contribution in [2.45, 2.75) is 13.1 Å².